The molecule has 6 nitrogen and oxygen atoms in total. The summed E-state index contributed by atoms with van der Waals surface area (Å²) in [5, 5.41) is 15.2. The molecule has 0 fully saturated rings. The average Bonchev–Trinajstić information content (AvgIpc) is 1.60. The van der Waals surface area contributed by atoms with Crippen molar-refractivity contribution in [3.05, 3.63) is 534 Å². The standard InChI is InChI=1S/C48H32N2.2C42H28N2/c1-3-11-33(12-4-1)34-23-27-40(28-24-34)50-46-18-10-8-16-42(46)44-32-38(26-30-48(44)50)36-21-19-35(20-22-36)37-25-29-47-43(31-37)41-15-7-9-17-45(41)49(47)39-13-5-2-6-14-39;1-3-12-29(13-4-1)30-14-11-17-34(26-30)44-40-21-10-8-19-36(40)38-28-32(23-25-42(38)44)31-22-24-41-37(27-31)35-18-7-9-20-39(35)43(41)33-15-5-2-6-16-33;1-3-11-33(12-4-1)43-39-17-9-7-15-35(39)37-27-31(23-25-41(37)43)29-19-21-30(22-20-29)32-24-26-42-38(28-32)36-16-8-10-18-40(36)44(42)34-13-5-2-6-14-34/h1-32H;2*1-28H. The van der Waals surface area contributed by atoms with E-state index < -0.39 is 0 Å². The van der Waals surface area contributed by atoms with Crippen molar-refractivity contribution in [3.8, 4) is 112 Å². The molecule has 0 amide bonds. The van der Waals surface area contributed by atoms with Gasteiger partial charge in [0, 0.05) is 98.8 Å². The highest BCUT2D eigenvalue weighted by Gasteiger charge is 2.23. The van der Waals surface area contributed by atoms with Gasteiger partial charge in [0.1, 0.15) is 0 Å². The Balaban J connectivity index is 0.000000107. The highest BCUT2D eigenvalue weighted by atomic mass is 15.0. The molecule has 0 aliphatic heterocycles. The zero-order chi connectivity index (χ0) is 91.1. The van der Waals surface area contributed by atoms with E-state index >= 15 is 0 Å². The summed E-state index contributed by atoms with van der Waals surface area (Å²) in [7, 11) is 0. The summed E-state index contributed by atoms with van der Waals surface area (Å²) >= 11 is 0. The number of para-hydroxylation sites is 10. The number of aromatic nitrogens is 6. The number of fused-ring (bicyclic) bond motifs is 18. The van der Waals surface area contributed by atoms with Gasteiger partial charge in [-0.15, -0.1) is 0 Å². The zero-order valence-electron chi connectivity index (χ0n) is 75.5. The lowest BCUT2D eigenvalue weighted by atomic mass is 9.98. The number of benzene rings is 22. The maximum absolute atomic E-state index is 2.40. The smallest absolute Gasteiger partial charge is 0.0541 e. The molecule has 0 atom stereocenters. The van der Waals surface area contributed by atoms with E-state index in [0.29, 0.717) is 0 Å². The predicted octanol–water partition coefficient (Wildman–Crippen LogP) is 35.3. The molecule has 0 saturated heterocycles. The summed E-state index contributed by atoms with van der Waals surface area (Å²) < 4.78 is 14.2. The molecular weight excluding hydrogens is 1670 g/mol. The fourth-order valence-electron chi connectivity index (χ4n) is 21.5. The van der Waals surface area contributed by atoms with Crippen LogP contribution in [0.3, 0.4) is 0 Å². The Morgan fingerprint density at radius 1 is 0.0797 bits per heavy atom. The molecule has 22 aromatic carbocycles. The van der Waals surface area contributed by atoms with Crippen molar-refractivity contribution in [2.75, 3.05) is 0 Å². The molecule has 0 bridgehead atoms. The SMILES string of the molecule is c1ccc(-c2ccc(-n3c4ccccc4c4cc(-c5ccc(-c6ccc7c(c6)c6ccccc6n7-c6ccccc6)cc5)ccc43)cc2)cc1.c1ccc(-c2cccc(-n3c4ccccc4c4cc(-c5ccc6c(c5)c5ccccc5n6-c5ccccc5)ccc43)c2)cc1.c1ccc(-n2c3ccccc3c3cc(-c4ccc(-c5ccc6c(c5)c5ccccc5n6-c5ccccc5)cc4)ccc32)cc1. The first-order valence-electron chi connectivity index (χ1n) is 47.4. The van der Waals surface area contributed by atoms with Gasteiger partial charge >= 0.3 is 0 Å². The van der Waals surface area contributed by atoms with Gasteiger partial charge in [-0.05, 0) is 260 Å². The molecule has 0 aliphatic rings. The second-order valence-electron chi connectivity index (χ2n) is 35.8. The molecule has 138 heavy (non-hydrogen) atoms. The number of hydrogen-bond acceptors (Lipinski definition) is 0. The van der Waals surface area contributed by atoms with Crippen molar-refractivity contribution in [2.45, 2.75) is 0 Å². The van der Waals surface area contributed by atoms with Gasteiger partial charge in [-0.1, -0.05) is 352 Å². The van der Waals surface area contributed by atoms with Gasteiger partial charge in [0.05, 0.1) is 66.2 Å². The molecular formula is C132H88N6. The number of hydrogen-bond donors (Lipinski definition) is 0. The highest BCUT2D eigenvalue weighted by Crippen LogP contribution is 2.45. The molecule has 28 rings (SSSR count). The van der Waals surface area contributed by atoms with Crippen LogP contribution in [0.5, 0.6) is 0 Å². The van der Waals surface area contributed by atoms with Crippen LogP contribution in [-0.2, 0) is 0 Å². The normalized spacial score (nSPS) is 11.6. The summed E-state index contributed by atoms with van der Waals surface area (Å²) in [5.41, 5.74) is 38.8. The Hall–Kier alpha value is -18.4. The third-order valence-electron chi connectivity index (χ3n) is 28.0. The summed E-state index contributed by atoms with van der Waals surface area (Å²) in [6.07, 6.45) is 0. The van der Waals surface area contributed by atoms with Crippen molar-refractivity contribution >= 4 is 131 Å². The fourth-order valence-corrected chi connectivity index (χ4v) is 21.5. The van der Waals surface area contributed by atoms with Gasteiger partial charge in [-0.3, -0.25) is 0 Å². The van der Waals surface area contributed by atoms with Crippen LogP contribution in [0.15, 0.2) is 534 Å². The number of rotatable bonds is 13. The first-order chi connectivity index (χ1) is 68.5. The van der Waals surface area contributed by atoms with Crippen LogP contribution in [-0.4, -0.2) is 27.4 Å². The van der Waals surface area contributed by atoms with E-state index in [-0.39, 0.29) is 0 Å². The quantitative estimate of drug-likeness (QED) is 0.110. The van der Waals surface area contributed by atoms with Crippen LogP contribution in [0.4, 0.5) is 0 Å². The van der Waals surface area contributed by atoms with E-state index in [2.05, 4.69) is 561 Å². The van der Waals surface area contributed by atoms with Crippen molar-refractivity contribution in [3.63, 3.8) is 0 Å². The van der Waals surface area contributed by atoms with E-state index in [9.17, 15) is 0 Å². The Kier molecular flexibility index (Phi) is 19.9. The summed E-state index contributed by atoms with van der Waals surface area (Å²) in [6, 6.07) is 193. The van der Waals surface area contributed by atoms with Gasteiger partial charge < -0.3 is 27.4 Å². The van der Waals surface area contributed by atoms with Crippen molar-refractivity contribution in [1.82, 2.24) is 27.4 Å². The Morgan fingerprint density at radius 3 is 0.478 bits per heavy atom. The average molecular weight is 1760 g/mol. The maximum Gasteiger partial charge on any atom is 0.0541 e. The second kappa shape index (κ2) is 34.0. The monoisotopic (exact) mass is 1760 g/mol. The van der Waals surface area contributed by atoms with E-state index in [1.54, 1.807) is 0 Å². The zero-order valence-corrected chi connectivity index (χ0v) is 75.5. The first kappa shape index (κ1) is 80.5. The highest BCUT2D eigenvalue weighted by molar-refractivity contribution is 6.17. The lowest BCUT2D eigenvalue weighted by molar-refractivity contribution is 1.18. The third-order valence-corrected chi connectivity index (χ3v) is 28.0. The molecule has 0 saturated carbocycles. The maximum atomic E-state index is 2.40. The number of nitrogens with zero attached hydrogens (tertiary/aromatic N) is 6. The Bertz CT molecular complexity index is 9340. The lowest BCUT2D eigenvalue weighted by Gasteiger charge is -2.11. The van der Waals surface area contributed by atoms with Gasteiger partial charge in [-0.25, -0.2) is 0 Å². The van der Waals surface area contributed by atoms with Gasteiger partial charge in [0.15, 0.2) is 0 Å². The Morgan fingerprint density at radius 2 is 0.225 bits per heavy atom. The van der Waals surface area contributed by atoms with Crippen LogP contribution in [0, 0.1) is 0 Å². The predicted molar refractivity (Wildman–Crippen MR) is 583 cm³/mol. The third kappa shape index (κ3) is 14.0. The minimum Gasteiger partial charge on any atom is -0.309 e. The van der Waals surface area contributed by atoms with E-state index in [4.69, 9.17) is 0 Å². The molecule has 6 heterocycles. The summed E-state index contributed by atoms with van der Waals surface area (Å²) in [6.45, 7) is 0. The molecule has 0 aliphatic carbocycles. The topological polar surface area (TPSA) is 29.6 Å². The van der Waals surface area contributed by atoms with Crippen LogP contribution >= 0.6 is 0 Å². The second-order valence-corrected chi connectivity index (χ2v) is 35.8. The molecule has 0 unspecified atom stereocenters. The molecule has 28 aromatic rings. The van der Waals surface area contributed by atoms with E-state index in [0.717, 1.165) is 5.69 Å². The lowest BCUT2D eigenvalue weighted by Crippen LogP contribution is -1.94. The van der Waals surface area contributed by atoms with Crippen molar-refractivity contribution in [2.24, 2.45) is 0 Å². The Labute approximate surface area is 798 Å². The van der Waals surface area contributed by atoms with Crippen LogP contribution in [0.1, 0.15) is 0 Å². The van der Waals surface area contributed by atoms with Gasteiger partial charge in [0.25, 0.3) is 0 Å². The minimum atomic E-state index is 1.16. The van der Waals surface area contributed by atoms with E-state index in [1.165, 1.54) is 237 Å². The summed E-state index contributed by atoms with van der Waals surface area (Å²) in [4.78, 5) is 0. The van der Waals surface area contributed by atoms with Gasteiger partial charge in [0.2, 0.25) is 0 Å². The van der Waals surface area contributed by atoms with E-state index in [1.807, 2.05) is 0 Å². The molecule has 0 spiro atoms. The minimum absolute atomic E-state index is 1.16. The molecule has 0 radical (unpaired) electrons. The summed E-state index contributed by atoms with van der Waals surface area (Å²) in [5.74, 6) is 0. The molecule has 6 aromatic heterocycles. The van der Waals surface area contributed by atoms with Gasteiger partial charge in [-0.2, -0.15) is 0 Å². The van der Waals surface area contributed by atoms with Crippen molar-refractivity contribution < 1.29 is 0 Å². The molecule has 0 N–H and O–H groups in total. The largest absolute Gasteiger partial charge is 0.309 e. The van der Waals surface area contributed by atoms with Crippen LogP contribution < -0.4 is 0 Å². The van der Waals surface area contributed by atoms with Crippen LogP contribution in [0.25, 0.3) is 243 Å². The first-order valence-corrected chi connectivity index (χ1v) is 47.4. The fraction of sp³-hybridized carbons (Fsp3) is 0. The molecule has 646 valence electrons. The van der Waals surface area contributed by atoms with Crippen molar-refractivity contribution in [1.29, 1.82) is 0 Å². The molecule has 6 heteroatoms. The van der Waals surface area contributed by atoms with Crippen LogP contribution in [0.2, 0.25) is 0 Å².